The Balaban J connectivity index is 2.06. The van der Waals surface area contributed by atoms with Crippen LogP contribution in [0.5, 0.6) is 0 Å². The highest BCUT2D eigenvalue weighted by Gasteiger charge is 2.42. The largest absolute Gasteiger partial charge is 0.0661 e. The van der Waals surface area contributed by atoms with Gasteiger partial charge in [-0.2, -0.15) is 0 Å². The Morgan fingerprint density at radius 3 is 2.57 bits per heavy atom. The monoisotopic (exact) mass is 282 g/mol. The molecule has 1 aromatic rings. The Morgan fingerprint density at radius 2 is 1.90 bits per heavy atom. The summed E-state index contributed by atoms with van der Waals surface area (Å²) in [6.07, 6.45) is 5.26. The van der Waals surface area contributed by atoms with Crippen molar-refractivity contribution in [2.75, 3.05) is 0 Å². The van der Waals surface area contributed by atoms with Gasteiger partial charge in [-0.3, -0.25) is 0 Å². The highest BCUT2D eigenvalue weighted by molar-refractivity contribution is 5.75. The molecule has 3 unspecified atom stereocenters. The van der Waals surface area contributed by atoms with Crippen LogP contribution >= 0.6 is 0 Å². The molecule has 0 N–H and O–H groups in total. The van der Waals surface area contributed by atoms with Gasteiger partial charge in [-0.25, -0.2) is 0 Å². The SMILES string of the molecule is CCC1=C(C(C)CC(C)(C)C)c2ccccc2C2CC2C1. The summed E-state index contributed by atoms with van der Waals surface area (Å²) in [7, 11) is 0. The first kappa shape index (κ1) is 14.9. The van der Waals surface area contributed by atoms with Crippen molar-refractivity contribution in [2.45, 2.75) is 66.2 Å². The zero-order valence-electron chi connectivity index (χ0n) is 14.4. The molecule has 21 heavy (non-hydrogen) atoms. The third kappa shape index (κ3) is 2.96. The molecular weight excluding hydrogens is 252 g/mol. The lowest BCUT2D eigenvalue weighted by Gasteiger charge is -2.28. The van der Waals surface area contributed by atoms with Crippen molar-refractivity contribution in [3.63, 3.8) is 0 Å². The Morgan fingerprint density at radius 1 is 1.19 bits per heavy atom. The van der Waals surface area contributed by atoms with Gasteiger partial charge in [0.15, 0.2) is 0 Å². The van der Waals surface area contributed by atoms with Crippen LogP contribution in [0, 0.1) is 17.3 Å². The van der Waals surface area contributed by atoms with Crippen molar-refractivity contribution in [1.29, 1.82) is 0 Å². The van der Waals surface area contributed by atoms with Crippen LogP contribution in [0.3, 0.4) is 0 Å². The molecule has 0 heteroatoms. The molecule has 3 rings (SSSR count). The van der Waals surface area contributed by atoms with Crippen molar-refractivity contribution in [3.8, 4) is 0 Å². The van der Waals surface area contributed by atoms with E-state index in [0.717, 1.165) is 11.8 Å². The first-order chi connectivity index (χ1) is 9.90. The van der Waals surface area contributed by atoms with Crippen molar-refractivity contribution in [3.05, 3.63) is 41.0 Å². The highest BCUT2D eigenvalue weighted by atomic mass is 14.5. The zero-order chi connectivity index (χ0) is 15.2. The minimum absolute atomic E-state index is 0.398. The van der Waals surface area contributed by atoms with E-state index in [4.69, 9.17) is 0 Å². The predicted molar refractivity (Wildman–Crippen MR) is 92.4 cm³/mol. The summed E-state index contributed by atoms with van der Waals surface area (Å²) in [5.74, 6) is 2.45. The van der Waals surface area contributed by atoms with Crippen molar-refractivity contribution in [2.24, 2.45) is 17.3 Å². The van der Waals surface area contributed by atoms with Gasteiger partial charge in [0, 0.05) is 0 Å². The smallest absolute Gasteiger partial charge is 0.0121 e. The highest BCUT2D eigenvalue weighted by Crippen LogP contribution is 2.57. The molecule has 0 aliphatic heterocycles. The minimum atomic E-state index is 0.398. The van der Waals surface area contributed by atoms with Gasteiger partial charge in [-0.1, -0.05) is 64.5 Å². The molecule has 2 aliphatic rings. The number of allylic oxidation sites excluding steroid dienone is 2. The molecule has 0 aromatic heterocycles. The molecule has 1 fully saturated rings. The maximum atomic E-state index is 2.45. The molecule has 1 aromatic carbocycles. The van der Waals surface area contributed by atoms with Crippen LogP contribution in [-0.4, -0.2) is 0 Å². The summed E-state index contributed by atoms with van der Waals surface area (Å²) < 4.78 is 0. The second-order valence-electron chi connectivity index (χ2n) is 8.43. The number of hydrogen-bond acceptors (Lipinski definition) is 0. The van der Waals surface area contributed by atoms with E-state index in [1.165, 1.54) is 25.7 Å². The standard InChI is InChI=1S/C21H30/c1-6-15-11-16-12-19(16)17-9-7-8-10-18(17)20(15)14(2)13-21(3,4)5/h7-10,14,16,19H,6,11-13H2,1-5H3. The third-order valence-electron chi connectivity index (χ3n) is 5.30. The van der Waals surface area contributed by atoms with Gasteiger partial charge in [-0.15, -0.1) is 0 Å². The van der Waals surface area contributed by atoms with Crippen LogP contribution in [0.1, 0.15) is 77.3 Å². The van der Waals surface area contributed by atoms with E-state index >= 15 is 0 Å². The lowest BCUT2D eigenvalue weighted by Crippen LogP contribution is -2.14. The topological polar surface area (TPSA) is 0 Å². The van der Waals surface area contributed by atoms with Crippen LogP contribution in [-0.2, 0) is 0 Å². The summed E-state index contributed by atoms with van der Waals surface area (Å²) in [5, 5.41) is 0. The molecular formula is C21H30. The molecule has 3 atom stereocenters. The van der Waals surface area contributed by atoms with E-state index in [9.17, 15) is 0 Å². The fourth-order valence-electron chi connectivity index (χ4n) is 4.51. The maximum Gasteiger partial charge on any atom is -0.0121 e. The van der Waals surface area contributed by atoms with E-state index < -0.39 is 0 Å². The normalized spacial score (nSPS) is 26.0. The van der Waals surface area contributed by atoms with Crippen LogP contribution in [0.2, 0.25) is 0 Å². The molecule has 0 nitrogen and oxygen atoms in total. The molecule has 0 saturated heterocycles. The van der Waals surface area contributed by atoms with Crippen molar-refractivity contribution in [1.82, 2.24) is 0 Å². The van der Waals surface area contributed by atoms with E-state index in [2.05, 4.69) is 58.9 Å². The molecule has 1 saturated carbocycles. The zero-order valence-corrected chi connectivity index (χ0v) is 14.4. The Hall–Kier alpha value is -1.04. The van der Waals surface area contributed by atoms with E-state index in [0.29, 0.717) is 11.3 Å². The summed E-state index contributed by atoms with van der Waals surface area (Å²) in [4.78, 5) is 0. The first-order valence-electron chi connectivity index (χ1n) is 8.72. The van der Waals surface area contributed by atoms with Gasteiger partial charge in [0.05, 0.1) is 0 Å². The van der Waals surface area contributed by atoms with E-state index in [1.54, 1.807) is 22.3 Å². The van der Waals surface area contributed by atoms with E-state index in [1.807, 2.05) is 0 Å². The average Bonchev–Trinajstić information content (AvgIpc) is 3.15. The van der Waals surface area contributed by atoms with E-state index in [-0.39, 0.29) is 0 Å². The van der Waals surface area contributed by atoms with Gasteiger partial charge in [0.2, 0.25) is 0 Å². The van der Waals surface area contributed by atoms with Gasteiger partial charge in [-0.05, 0) is 65.6 Å². The van der Waals surface area contributed by atoms with Gasteiger partial charge in [0.25, 0.3) is 0 Å². The Labute approximate surface area is 130 Å². The summed E-state index contributed by atoms with van der Waals surface area (Å²) in [5.41, 5.74) is 7.05. The summed E-state index contributed by atoms with van der Waals surface area (Å²) in [6, 6.07) is 9.25. The lowest BCUT2D eigenvalue weighted by molar-refractivity contribution is 0.341. The number of hydrogen-bond donors (Lipinski definition) is 0. The van der Waals surface area contributed by atoms with Crippen molar-refractivity contribution >= 4 is 5.57 Å². The first-order valence-corrected chi connectivity index (χ1v) is 8.72. The van der Waals surface area contributed by atoms with Crippen LogP contribution in [0.4, 0.5) is 0 Å². The Bertz CT molecular complexity index is 556. The average molecular weight is 282 g/mol. The van der Waals surface area contributed by atoms with Gasteiger partial charge in [0.1, 0.15) is 0 Å². The van der Waals surface area contributed by atoms with Gasteiger partial charge < -0.3 is 0 Å². The second-order valence-corrected chi connectivity index (χ2v) is 8.43. The second kappa shape index (κ2) is 5.30. The van der Waals surface area contributed by atoms with Crippen LogP contribution in [0.15, 0.2) is 29.8 Å². The minimum Gasteiger partial charge on any atom is -0.0661 e. The summed E-state index contributed by atoms with van der Waals surface area (Å²) in [6.45, 7) is 11.9. The molecule has 0 spiro atoms. The molecule has 0 radical (unpaired) electrons. The third-order valence-corrected chi connectivity index (χ3v) is 5.30. The number of benzene rings is 1. The molecule has 114 valence electrons. The van der Waals surface area contributed by atoms with Crippen molar-refractivity contribution < 1.29 is 0 Å². The predicted octanol–water partition coefficient (Wildman–Crippen LogP) is 6.43. The van der Waals surface area contributed by atoms with Crippen LogP contribution in [0.25, 0.3) is 5.57 Å². The molecule has 0 bridgehead atoms. The molecule has 0 amide bonds. The number of fused-ring (bicyclic) bond motifs is 3. The number of rotatable bonds is 3. The van der Waals surface area contributed by atoms with Gasteiger partial charge >= 0.3 is 0 Å². The fraction of sp³-hybridized carbons (Fsp3) is 0.619. The van der Waals surface area contributed by atoms with Crippen LogP contribution < -0.4 is 0 Å². The molecule has 2 aliphatic carbocycles. The summed E-state index contributed by atoms with van der Waals surface area (Å²) >= 11 is 0. The fourth-order valence-corrected chi connectivity index (χ4v) is 4.51. The quantitative estimate of drug-likeness (QED) is 0.599. The molecule has 0 heterocycles. The Kier molecular flexibility index (Phi) is 3.76. The maximum absolute atomic E-state index is 2.45. The lowest BCUT2D eigenvalue weighted by atomic mass is 9.77.